The van der Waals surface area contributed by atoms with Gasteiger partial charge in [0.05, 0.1) is 6.04 Å². The molecule has 1 unspecified atom stereocenters. The maximum Gasteiger partial charge on any atom is 0.270 e. The van der Waals surface area contributed by atoms with Gasteiger partial charge in [-0.2, -0.15) is 0 Å². The van der Waals surface area contributed by atoms with Crippen LogP contribution in [0, 0.1) is 0 Å². The number of carbonyl (C=O) groups is 1. The lowest BCUT2D eigenvalue weighted by Crippen LogP contribution is -2.25. The summed E-state index contributed by atoms with van der Waals surface area (Å²) >= 11 is 1.39. The second-order valence-corrected chi connectivity index (χ2v) is 4.44. The Kier molecular flexibility index (Phi) is 5.37. The highest BCUT2D eigenvalue weighted by atomic mass is 32.1. The van der Waals surface area contributed by atoms with Gasteiger partial charge in [-0.05, 0) is 19.8 Å². The molecule has 0 radical (unpaired) electrons. The first-order valence-corrected chi connectivity index (χ1v) is 6.13. The maximum absolute atomic E-state index is 11.6. The lowest BCUT2D eigenvalue weighted by Gasteiger charge is -2.01. The first-order valence-electron chi connectivity index (χ1n) is 5.25. The monoisotopic (exact) mass is 243 g/mol. The first kappa shape index (κ1) is 13.1. The van der Waals surface area contributed by atoms with Crippen molar-refractivity contribution in [3.63, 3.8) is 0 Å². The van der Waals surface area contributed by atoms with Gasteiger partial charge < -0.3 is 16.2 Å². The number of aliphatic hydroxyl groups is 1. The van der Waals surface area contributed by atoms with Gasteiger partial charge in [0.25, 0.3) is 5.91 Å². The SMILES string of the molecule is CC(N)c1nc(C(=O)NCCCCO)cs1. The molecule has 5 nitrogen and oxygen atoms in total. The molecule has 16 heavy (non-hydrogen) atoms. The van der Waals surface area contributed by atoms with Gasteiger partial charge in [-0.1, -0.05) is 0 Å². The summed E-state index contributed by atoms with van der Waals surface area (Å²) in [6.45, 7) is 2.55. The van der Waals surface area contributed by atoms with Gasteiger partial charge in [-0.3, -0.25) is 4.79 Å². The summed E-state index contributed by atoms with van der Waals surface area (Å²) in [6, 6.07) is -0.138. The van der Waals surface area contributed by atoms with E-state index in [1.807, 2.05) is 6.92 Å². The fraction of sp³-hybridized carbons (Fsp3) is 0.600. The molecule has 6 heteroatoms. The maximum atomic E-state index is 11.6. The lowest BCUT2D eigenvalue weighted by atomic mass is 10.3. The molecule has 0 bridgehead atoms. The number of nitrogens with two attached hydrogens (primary N) is 1. The second kappa shape index (κ2) is 6.57. The lowest BCUT2D eigenvalue weighted by molar-refractivity contribution is 0.0947. The molecule has 4 N–H and O–H groups in total. The van der Waals surface area contributed by atoms with Crippen molar-refractivity contribution < 1.29 is 9.90 Å². The van der Waals surface area contributed by atoms with Gasteiger partial charge >= 0.3 is 0 Å². The Balaban J connectivity index is 2.40. The highest BCUT2D eigenvalue weighted by Gasteiger charge is 2.11. The molecule has 1 aromatic rings. The third-order valence-electron chi connectivity index (χ3n) is 2.01. The molecule has 1 aromatic heterocycles. The van der Waals surface area contributed by atoms with Crippen LogP contribution in [0.2, 0.25) is 0 Å². The molecule has 0 fully saturated rings. The Labute approximate surface area is 98.7 Å². The molecule has 0 saturated carbocycles. The number of aromatic nitrogens is 1. The van der Waals surface area contributed by atoms with Crippen molar-refractivity contribution in [1.82, 2.24) is 10.3 Å². The molecular formula is C10H17N3O2S. The largest absolute Gasteiger partial charge is 0.396 e. The number of hydrogen-bond acceptors (Lipinski definition) is 5. The van der Waals surface area contributed by atoms with Crippen LogP contribution in [0.25, 0.3) is 0 Å². The highest BCUT2D eigenvalue weighted by molar-refractivity contribution is 7.09. The number of carbonyl (C=O) groups excluding carboxylic acids is 1. The van der Waals surface area contributed by atoms with Crippen LogP contribution < -0.4 is 11.1 Å². The number of nitrogens with zero attached hydrogens (tertiary/aromatic N) is 1. The normalized spacial score (nSPS) is 12.4. The Morgan fingerprint density at radius 3 is 3.00 bits per heavy atom. The predicted molar refractivity (Wildman–Crippen MR) is 63.4 cm³/mol. The minimum atomic E-state index is -0.180. The van der Waals surface area contributed by atoms with Crippen molar-refractivity contribution in [2.45, 2.75) is 25.8 Å². The summed E-state index contributed by atoms with van der Waals surface area (Å²) in [7, 11) is 0. The summed E-state index contributed by atoms with van der Waals surface area (Å²) < 4.78 is 0. The summed E-state index contributed by atoms with van der Waals surface area (Å²) in [6.07, 6.45) is 1.47. The average Bonchev–Trinajstić information content (AvgIpc) is 2.73. The first-order chi connectivity index (χ1) is 7.65. The topological polar surface area (TPSA) is 88.2 Å². The zero-order valence-electron chi connectivity index (χ0n) is 9.27. The quantitative estimate of drug-likeness (QED) is 0.641. The second-order valence-electron chi connectivity index (χ2n) is 3.55. The van der Waals surface area contributed by atoms with Crippen LogP contribution in [0.1, 0.15) is 41.3 Å². The molecule has 1 amide bonds. The summed E-state index contributed by atoms with van der Waals surface area (Å²) in [5.74, 6) is -0.180. The van der Waals surface area contributed by atoms with E-state index in [9.17, 15) is 4.79 Å². The van der Waals surface area contributed by atoms with Gasteiger partial charge in [0.1, 0.15) is 10.7 Å². The van der Waals surface area contributed by atoms with Crippen molar-refractivity contribution in [2.24, 2.45) is 5.73 Å². The molecular weight excluding hydrogens is 226 g/mol. The third-order valence-corrected chi connectivity index (χ3v) is 3.06. The fourth-order valence-corrected chi connectivity index (χ4v) is 1.89. The molecule has 90 valence electrons. The van der Waals surface area contributed by atoms with E-state index < -0.39 is 0 Å². The van der Waals surface area contributed by atoms with Crippen LogP contribution in [0.15, 0.2) is 5.38 Å². The highest BCUT2D eigenvalue weighted by Crippen LogP contribution is 2.15. The Hall–Kier alpha value is -0.980. The van der Waals surface area contributed by atoms with E-state index in [1.165, 1.54) is 11.3 Å². The van der Waals surface area contributed by atoms with Crippen molar-refractivity contribution in [2.75, 3.05) is 13.2 Å². The number of thiazole rings is 1. The summed E-state index contributed by atoms with van der Waals surface area (Å²) in [5.41, 5.74) is 6.07. The zero-order valence-corrected chi connectivity index (χ0v) is 10.1. The van der Waals surface area contributed by atoms with Crippen molar-refractivity contribution in [3.8, 4) is 0 Å². The van der Waals surface area contributed by atoms with Crippen LogP contribution >= 0.6 is 11.3 Å². The zero-order chi connectivity index (χ0) is 12.0. The molecule has 1 rings (SSSR count). The van der Waals surface area contributed by atoms with E-state index in [0.717, 1.165) is 11.4 Å². The minimum Gasteiger partial charge on any atom is -0.396 e. The third kappa shape index (κ3) is 3.88. The van der Waals surface area contributed by atoms with Gasteiger partial charge in [0.15, 0.2) is 0 Å². The van der Waals surface area contributed by atoms with E-state index >= 15 is 0 Å². The Morgan fingerprint density at radius 1 is 1.69 bits per heavy atom. The predicted octanol–water partition coefficient (Wildman–Crippen LogP) is 0.665. The van der Waals surface area contributed by atoms with Gasteiger partial charge in [0.2, 0.25) is 0 Å². The number of unbranched alkanes of at least 4 members (excludes halogenated alkanes) is 1. The summed E-state index contributed by atoms with van der Waals surface area (Å²) in [4.78, 5) is 15.7. The molecule has 0 aromatic carbocycles. The number of nitrogens with one attached hydrogen (secondary N) is 1. The van der Waals surface area contributed by atoms with Crippen LogP contribution in [-0.2, 0) is 0 Å². The summed E-state index contributed by atoms with van der Waals surface area (Å²) in [5, 5.41) is 13.8. The Bertz CT molecular complexity index is 339. The van der Waals surface area contributed by atoms with Crippen LogP contribution in [0.5, 0.6) is 0 Å². The number of hydrogen-bond donors (Lipinski definition) is 3. The van der Waals surface area contributed by atoms with Crippen molar-refractivity contribution >= 4 is 17.2 Å². The van der Waals surface area contributed by atoms with Crippen LogP contribution in [0.4, 0.5) is 0 Å². The van der Waals surface area contributed by atoms with E-state index in [2.05, 4.69) is 10.3 Å². The van der Waals surface area contributed by atoms with Gasteiger partial charge in [-0.25, -0.2) is 4.98 Å². The molecule has 0 spiro atoms. The molecule has 0 saturated heterocycles. The smallest absolute Gasteiger partial charge is 0.270 e. The number of amides is 1. The average molecular weight is 243 g/mol. The Morgan fingerprint density at radius 2 is 2.44 bits per heavy atom. The molecule has 1 atom stereocenters. The minimum absolute atomic E-state index is 0.138. The van der Waals surface area contributed by atoms with Crippen molar-refractivity contribution in [3.05, 3.63) is 16.1 Å². The molecule has 0 aliphatic heterocycles. The van der Waals surface area contributed by atoms with E-state index in [0.29, 0.717) is 18.7 Å². The molecule has 0 aliphatic carbocycles. The number of aliphatic hydroxyl groups excluding tert-OH is 1. The van der Waals surface area contributed by atoms with Crippen LogP contribution in [0.3, 0.4) is 0 Å². The van der Waals surface area contributed by atoms with Crippen LogP contribution in [-0.4, -0.2) is 29.1 Å². The standard InChI is InChI=1S/C10H17N3O2S/c1-7(11)10-13-8(6-16-10)9(15)12-4-2-3-5-14/h6-7,14H,2-5,11H2,1H3,(H,12,15). The molecule has 1 heterocycles. The molecule has 0 aliphatic rings. The van der Waals surface area contributed by atoms with Gasteiger partial charge in [0, 0.05) is 18.5 Å². The van der Waals surface area contributed by atoms with E-state index in [4.69, 9.17) is 10.8 Å². The van der Waals surface area contributed by atoms with E-state index in [1.54, 1.807) is 5.38 Å². The fourth-order valence-electron chi connectivity index (χ4n) is 1.13. The number of rotatable bonds is 6. The van der Waals surface area contributed by atoms with Gasteiger partial charge in [-0.15, -0.1) is 11.3 Å². The van der Waals surface area contributed by atoms with Crippen molar-refractivity contribution in [1.29, 1.82) is 0 Å². The van der Waals surface area contributed by atoms with E-state index in [-0.39, 0.29) is 18.6 Å².